The molecule has 1 aliphatic carbocycles. The van der Waals surface area contributed by atoms with Crippen molar-refractivity contribution in [2.75, 3.05) is 19.5 Å². The van der Waals surface area contributed by atoms with Crippen LogP contribution in [0, 0.1) is 0 Å². The summed E-state index contributed by atoms with van der Waals surface area (Å²) in [6.07, 6.45) is 3.80. The molecule has 3 rings (SSSR count). The van der Waals surface area contributed by atoms with E-state index in [9.17, 15) is 4.79 Å². The molecule has 1 aromatic carbocycles. The summed E-state index contributed by atoms with van der Waals surface area (Å²) < 4.78 is 16.1. The van der Waals surface area contributed by atoms with Crippen LogP contribution in [-0.4, -0.2) is 30.3 Å². The summed E-state index contributed by atoms with van der Waals surface area (Å²) in [7, 11) is 3.03. The number of benzene rings is 1. The van der Waals surface area contributed by atoms with Crippen molar-refractivity contribution in [3.63, 3.8) is 0 Å². The molecule has 2 aromatic rings. The van der Waals surface area contributed by atoms with Crippen molar-refractivity contribution < 1.29 is 18.8 Å². The molecule has 0 bridgehead atoms. The van der Waals surface area contributed by atoms with Crippen molar-refractivity contribution in [3.8, 4) is 23.0 Å². The van der Waals surface area contributed by atoms with Gasteiger partial charge in [0.2, 0.25) is 5.91 Å². The van der Waals surface area contributed by atoms with E-state index in [4.69, 9.17) is 19.7 Å². The smallest absolute Gasteiger partial charge is 0.258 e. The van der Waals surface area contributed by atoms with Crippen LogP contribution in [0.2, 0.25) is 0 Å². The highest BCUT2D eigenvalue weighted by molar-refractivity contribution is 5.92. The Morgan fingerprint density at radius 1 is 1.28 bits per heavy atom. The van der Waals surface area contributed by atoms with E-state index in [1.807, 2.05) is 0 Å². The van der Waals surface area contributed by atoms with Gasteiger partial charge in [0.1, 0.15) is 0 Å². The zero-order valence-corrected chi connectivity index (χ0v) is 14.6. The molecule has 1 aliphatic rings. The van der Waals surface area contributed by atoms with Crippen molar-refractivity contribution >= 4 is 11.6 Å². The number of aromatic nitrogens is 2. The Kier molecular flexibility index (Phi) is 4.63. The topological polar surface area (TPSA) is 113 Å². The van der Waals surface area contributed by atoms with Gasteiger partial charge in [0, 0.05) is 12.5 Å². The van der Waals surface area contributed by atoms with E-state index >= 15 is 0 Å². The lowest BCUT2D eigenvalue weighted by Crippen LogP contribution is -2.34. The van der Waals surface area contributed by atoms with Gasteiger partial charge >= 0.3 is 0 Å². The van der Waals surface area contributed by atoms with E-state index in [0.29, 0.717) is 34.5 Å². The van der Waals surface area contributed by atoms with Crippen LogP contribution < -0.4 is 20.5 Å². The molecule has 8 heteroatoms. The average Bonchev–Trinajstić information content (AvgIpc) is 3.23. The Balaban J connectivity index is 2.02. The number of nitrogens with zero attached hydrogens (tertiary/aromatic N) is 2. The van der Waals surface area contributed by atoms with Crippen LogP contribution in [0.25, 0.3) is 11.5 Å². The molecular formula is C17H22N4O4. The molecule has 0 unspecified atom stereocenters. The third-order valence-electron chi connectivity index (χ3n) is 4.40. The van der Waals surface area contributed by atoms with Gasteiger partial charge in [-0.1, -0.05) is 18.0 Å². The van der Waals surface area contributed by atoms with Crippen LogP contribution >= 0.6 is 0 Å². The Hall–Kier alpha value is -2.61. The number of hydrogen-bond donors (Lipinski definition) is 2. The molecule has 1 saturated carbocycles. The Labute approximate surface area is 145 Å². The highest BCUT2D eigenvalue weighted by Crippen LogP contribution is 2.40. The van der Waals surface area contributed by atoms with Crippen LogP contribution in [0.3, 0.4) is 0 Å². The first-order chi connectivity index (χ1) is 12.0. The summed E-state index contributed by atoms with van der Waals surface area (Å²) in [6, 6.07) is 3.43. The van der Waals surface area contributed by atoms with E-state index in [2.05, 4.69) is 15.5 Å². The predicted octanol–water partition coefficient (Wildman–Crippen LogP) is 2.44. The van der Waals surface area contributed by atoms with Crippen LogP contribution in [0.1, 0.15) is 38.4 Å². The molecule has 0 radical (unpaired) electrons. The standard InChI is InChI=1S/C17H22N4O4/c1-10(22)19-12-8-11(9-13(23-2)14(12)24-3)15-20-16(21-25-15)17(18)6-4-5-7-17/h8-9H,4-7,18H2,1-3H3,(H,19,22). The quantitative estimate of drug-likeness (QED) is 0.855. The molecular weight excluding hydrogens is 324 g/mol. The number of carbonyl (C=O) groups excluding carboxylic acids is 1. The Morgan fingerprint density at radius 2 is 2.00 bits per heavy atom. The lowest BCUT2D eigenvalue weighted by Gasteiger charge is -2.17. The predicted molar refractivity (Wildman–Crippen MR) is 91.5 cm³/mol. The molecule has 1 fully saturated rings. The summed E-state index contributed by atoms with van der Waals surface area (Å²) in [4.78, 5) is 15.9. The molecule has 0 spiro atoms. The summed E-state index contributed by atoms with van der Waals surface area (Å²) in [5, 5.41) is 6.78. The lowest BCUT2D eigenvalue weighted by molar-refractivity contribution is -0.114. The lowest BCUT2D eigenvalue weighted by atomic mass is 9.98. The van der Waals surface area contributed by atoms with Gasteiger partial charge in [-0.25, -0.2) is 0 Å². The normalized spacial score (nSPS) is 15.8. The van der Waals surface area contributed by atoms with E-state index in [-0.39, 0.29) is 5.91 Å². The van der Waals surface area contributed by atoms with Crippen molar-refractivity contribution in [2.24, 2.45) is 5.73 Å². The highest BCUT2D eigenvalue weighted by Gasteiger charge is 2.36. The number of nitrogens with two attached hydrogens (primary N) is 1. The number of anilines is 1. The van der Waals surface area contributed by atoms with E-state index < -0.39 is 5.54 Å². The summed E-state index contributed by atoms with van der Waals surface area (Å²) in [5.74, 6) is 1.48. The molecule has 25 heavy (non-hydrogen) atoms. The van der Waals surface area contributed by atoms with Gasteiger partial charge in [-0.15, -0.1) is 0 Å². The second kappa shape index (κ2) is 6.72. The number of hydrogen-bond acceptors (Lipinski definition) is 7. The van der Waals surface area contributed by atoms with Gasteiger partial charge in [0.15, 0.2) is 17.3 Å². The fourth-order valence-corrected chi connectivity index (χ4v) is 3.14. The number of amides is 1. The summed E-state index contributed by atoms with van der Waals surface area (Å²) >= 11 is 0. The summed E-state index contributed by atoms with van der Waals surface area (Å²) in [6.45, 7) is 1.42. The van der Waals surface area contributed by atoms with Crippen molar-refractivity contribution in [1.82, 2.24) is 10.1 Å². The van der Waals surface area contributed by atoms with E-state index in [1.54, 1.807) is 12.1 Å². The van der Waals surface area contributed by atoms with Gasteiger partial charge < -0.3 is 25.0 Å². The van der Waals surface area contributed by atoms with E-state index in [1.165, 1.54) is 21.1 Å². The van der Waals surface area contributed by atoms with Gasteiger partial charge in [-0.2, -0.15) is 4.98 Å². The van der Waals surface area contributed by atoms with Crippen molar-refractivity contribution in [1.29, 1.82) is 0 Å². The third kappa shape index (κ3) is 3.30. The van der Waals surface area contributed by atoms with Crippen LogP contribution in [0.4, 0.5) is 5.69 Å². The van der Waals surface area contributed by atoms with Crippen LogP contribution in [0.5, 0.6) is 11.5 Å². The largest absolute Gasteiger partial charge is 0.493 e. The van der Waals surface area contributed by atoms with Gasteiger partial charge in [-0.05, 0) is 25.0 Å². The second-order valence-electron chi connectivity index (χ2n) is 6.23. The fraction of sp³-hybridized carbons (Fsp3) is 0.471. The van der Waals surface area contributed by atoms with Crippen LogP contribution in [0.15, 0.2) is 16.7 Å². The van der Waals surface area contributed by atoms with Crippen LogP contribution in [-0.2, 0) is 10.3 Å². The van der Waals surface area contributed by atoms with Crippen molar-refractivity contribution in [3.05, 3.63) is 18.0 Å². The summed E-state index contributed by atoms with van der Waals surface area (Å²) in [5.41, 5.74) is 6.93. The maximum Gasteiger partial charge on any atom is 0.258 e. The first-order valence-corrected chi connectivity index (χ1v) is 8.14. The average molecular weight is 346 g/mol. The van der Waals surface area contributed by atoms with Crippen molar-refractivity contribution in [2.45, 2.75) is 38.1 Å². The van der Waals surface area contributed by atoms with E-state index in [0.717, 1.165) is 25.7 Å². The molecule has 0 atom stereocenters. The molecule has 3 N–H and O–H groups in total. The fourth-order valence-electron chi connectivity index (χ4n) is 3.14. The molecule has 1 aromatic heterocycles. The minimum atomic E-state index is -0.529. The Bertz CT molecular complexity index is 781. The molecule has 0 aliphatic heterocycles. The molecule has 1 heterocycles. The maximum absolute atomic E-state index is 11.5. The number of methoxy groups -OCH3 is 2. The van der Waals surface area contributed by atoms with Gasteiger partial charge in [0.25, 0.3) is 5.89 Å². The third-order valence-corrected chi connectivity index (χ3v) is 4.40. The molecule has 0 saturated heterocycles. The first-order valence-electron chi connectivity index (χ1n) is 8.14. The number of carbonyl (C=O) groups is 1. The zero-order chi connectivity index (χ0) is 18.0. The molecule has 134 valence electrons. The maximum atomic E-state index is 11.5. The molecule has 1 amide bonds. The minimum absolute atomic E-state index is 0.226. The van der Waals surface area contributed by atoms with Gasteiger partial charge in [-0.3, -0.25) is 4.79 Å². The number of nitrogens with one attached hydrogen (secondary N) is 1. The zero-order valence-electron chi connectivity index (χ0n) is 14.6. The monoisotopic (exact) mass is 346 g/mol. The number of ether oxygens (including phenoxy) is 2. The first kappa shape index (κ1) is 17.2. The Morgan fingerprint density at radius 3 is 2.60 bits per heavy atom. The van der Waals surface area contributed by atoms with Gasteiger partial charge in [0.05, 0.1) is 25.4 Å². The SMILES string of the molecule is COc1cc(-c2nc(C3(N)CCCC3)no2)cc(NC(C)=O)c1OC. The number of rotatable bonds is 5. The highest BCUT2D eigenvalue weighted by atomic mass is 16.5. The minimum Gasteiger partial charge on any atom is -0.493 e. The molecule has 8 nitrogen and oxygen atoms in total. The second-order valence-corrected chi connectivity index (χ2v) is 6.23.